The van der Waals surface area contributed by atoms with E-state index in [1.807, 2.05) is 48.2 Å². The fourth-order valence-electron chi connectivity index (χ4n) is 3.15. The first kappa shape index (κ1) is 14.1. The number of para-hydroxylation sites is 1. The minimum Gasteiger partial charge on any atom is -0.467 e. The zero-order valence-corrected chi connectivity index (χ0v) is 13.0. The van der Waals surface area contributed by atoms with Crippen molar-refractivity contribution in [1.29, 1.82) is 0 Å². The molecule has 0 aliphatic heterocycles. The molecule has 5 nitrogen and oxygen atoms in total. The van der Waals surface area contributed by atoms with Crippen LogP contribution in [-0.4, -0.2) is 27.0 Å². The second-order valence-corrected chi connectivity index (χ2v) is 6.12. The number of aromatic amines is 1. The van der Waals surface area contributed by atoms with Gasteiger partial charge in [0.05, 0.1) is 29.9 Å². The Morgan fingerprint density at radius 2 is 2.17 bits per heavy atom. The SMILES string of the molecule is CC(c1ccco1)N(C(=O)Cc1[nH]nc2ccccc12)C1CC1. The van der Waals surface area contributed by atoms with Crippen LogP contribution < -0.4 is 0 Å². The molecular weight excluding hydrogens is 290 g/mol. The Morgan fingerprint density at radius 1 is 1.35 bits per heavy atom. The molecule has 2 heterocycles. The van der Waals surface area contributed by atoms with E-state index in [4.69, 9.17) is 4.42 Å². The summed E-state index contributed by atoms with van der Waals surface area (Å²) in [5, 5.41) is 8.30. The van der Waals surface area contributed by atoms with Crippen LogP contribution in [0.3, 0.4) is 0 Å². The highest BCUT2D eigenvalue weighted by Crippen LogP contribution is 2.35. The Labute approximate surface area is 134 Å². The molecule has 0 bridgehead atoms. The minimum absolute atomic E-state index is 0.0424. The number of H-pyrrole nitrogens is 1. The average Bonchev–Trinajstić information content (AvgIpc) is 3.09. The number of nitrogens with one attached hydrogen (secondary N) is 1. The molecule has 1 unspecified atom stereocenters. The summed E-state index contributed by atoms with van der Waals surface area (Å²) < 4.78 is 5.50. The van der Waals surface area contributed by atoms with Crippen LogP contribution in [0.4, 0.5) is 0 Å². The average molecular weight is 309 g/mol. The molecule has 4 rings (SSSR count). The number of carbonyl (C=O) groups is 1. The lowest BCUT2D eigenvalue weighted by atomic mass is 10.1. The van der Waals surface area contributed by atoms with Crippen molar-refractivity contribution in [2.75, 3.05) is 0 Å². The van der Waals surface area contributed by atoms with E-state index in [9.17, 15) is 4.79 Å². The predicted octanol–water partition coefficient (Wildman–Crippen LogP) is 3.45. The lowest BCUT2D eigenvalue weighted by Crippen LogP contribution is -2.36. The molecule has 5 heteroatoms. The third-order valence-corrected chi connectivity index (χ3v) is 4.47. The molecule has 1 fully saturated rings. The Balaban J connectivity index is 1.58. The summed E-state index contributed by atoms with van der Waals surface area (Å²) in [6.07, 6.45) is 4.13. The highest BCUT2D eigenvalue weighted by atomic mass is 16.3. The first-order chi connectivity index (χ1) is 11.2. The maximum Gasteiger partial charge on any atom is 0.229 e. The number of carbonyl (C=O) groups excluding carboxylic acids is 1. The number of nitrogens with zero attached hydrogens (tertiary/aromatic N) is 2. The number of furan rings is 1. The maximum absolute atomic E-state index is 12.9. The van der Waals surface area contributed by atoms with Crippen LogP contribution in [0.2, 0.25) is 0 Å². The zero-order valence-electron chi connectivity index (χ0n) is 13.0. The molecule has 1 N–H and O–H groups in total. The molecule has 0 spiro atoms. The van der Waals surface area contributed by atoms with Crippen molar-refractivity contribution < 1.29 is 9.21 Å². The summed E-state index contributed by atoms with van der Waals surface area (Å²) in [6, 6.07) is 11.9. The standard InChI is InChI=1S/C18H19N3O2/c1-12(17-7-4-10-23-17)21(13-8-9-13)18(22)11-16-14-5-2-3-6-15(14)19-20-16/h2-7,10,12-13H,8-9,11H2,1H3,(H,19,20). The summed E-state index contributed by atoms with van der Waals surface area (Å²) in [7, 11) is 0. The highest BCUT2D eigenvalue weighted by Gasteiger charge is 2.37. The largest absolute Gasteiger partial charge is 0.467 e. The van der Waals surface area contributed by atoms with Crippen molar-refractivity contribution in [3.8, 4) is 0 Å². The van der Waals surface area contributed by atoms with Crippen molar-refractivity contribution in [3.63, 3.8) is 0 Å². The van der Waals surface area contributed by atoms with Gasteiger partial charge in [-0.3, -0.25) is 9.89 Å². The Morgan fingerprint density at radius 3 is 2.91 bits per heavy atom. The summed E-state index contributed by atoms with van der Waals surface area (Å²) in [6.45, 7) is 2.03. The zero-order chi connectivity index (χ0) is 15.8. The van der Waals surface area contributed by atoms with E-state index in [1.54, 1.807) is 6.26 Å². The molecule has 2 aromatic heterocycles. The molecule has 1 aliphatic rings. The van der Waals surface area contributed by atoms with Gasteiger partial charge < -0.3 is 9.32 Å². The predicted molar refractivity (Wildman–Crippen MR) is 86.8 cm³/mol. The normalized spacial score (nSPS) is 15.7. The molecule has 118 valence electrons. The second-order valence-electron chi connectivity index (χ2n) is 6.12. The van der Waals surface area contributed by atoms with Crippen LogP contribution in [-0.2, 0) is 11.2 Å². The number of hydrogen-bond donors (Lipinski definition) is 1. The number of hydrogen-bond acceptors (Lipinski definition) is 3. The van der Waals surface area contributed by atoms with E-state index < -0.39 is 0 Å². The first-order valence-electron chi connectivity index (χ1n) is 8.00. The van der Waals surface area contributed by atoms with Gasteiger partial charge in [0, 0.05) is 11.4 Å². The molecule has 1 aliphatic carbocycles. The van der Waals surface area contributed by atoms with E-state index in [2.05, 4.69) is 10.2 Å². The van der Waals surface area contributed by atoms with Crippen molar-refractivity contribution in [2.45, 2.75) is 38.3 Å². The molecular formula is C18H19N3O2. The number of aromatic nitrogens is 2. The highest BCUT2D eigenvalue weighted by molar-refractivity contribution is 5.87. The molecule has 1 amide bonds. The fourth-order valence-corrected chi connectivity index (χ4v) is 3.15. The summed E-state index contributed by atoms with van der Waals surface area (Å²) >= 11 is 0. The van der Waals surface area contributed by atoms with Gasteiger partial charge in [0.1, 0.15) is 5.76 Å². The van der Waals surface area contributed by atoms with Crippen LogP contribution in [0, 0.1) is 0 Å². The molecule has 0 radical (unpaired) electrons. The van der Waals surface area contributed by atoms with E-state index in [-0.39, 0.29) is 11.9 Å². The van der Waals surface area contributed by atoms with E-state index in [0.717, 1.165) is 35.2 Å². The third kappa shape index (κ3) is 2.63. The van der Waals surface area contributed by atoms with Crippen molar-refractivity contribution >= 4 is 16.8 Å². The van der Waals surface area contributed by atoms with Crippen LogP contribution in [0.25, 0.3) is 10.9 Å². The number of benzene rings is 1. The molecule has 1 saturated carbocycles. The molecule has 3 aromatic rings. The van der Waals surface area contributed by atoms with Gasteiger partial charge in [0.25, 0.3) is 0 Å². The minimum atomic E-state index is -0.0424. The number of fused-ring (bicyclic) bond motifs is 1. The number of rotatable bonds is 5. The topological polar surface area (TPSA) is 62.1 Å². The second kappa shape index (κ2) is 5.57. The Kier molecular flexibility index (Phi) is 3.41. The van der Waals surface area contributed by atoms with E-state index >= 15 is 0 Å². The van der Waals surface area contributed by atoms with E-state index in [1.165, 1.54) is 0 Å². The van der Waals surface area contributed by atoms with Gasteiger partial charge in [-0.15, -0.1) is 0 Å². The summed E-state index contributed by atoms with van der Waals surface area (Å²) in [5.74, 6) is 0.950. The molecule has 1 atom stereocenters. The Bertz CT molecular complexity index is 818. The van der Waals surface area contributed by atoms with Gasteiger partial charge in [0.2, 0.25) is 5.91 Å². The maximum atomic E-state index is 12.9. The van der Waals surface area contributed by atoms with Gasteiger partial charge in [-0.2, -0.15) is 5.10 Å². The Hall–Kier alpha value is -2.56. The first-order valence-corrected chi connectivity index (χ1v) is 8.00. The van der Waals surface area contributed by atoms with Gasteiger partial charge >= 0.3 is 0 Å². The van der Waals surface area contributed by atoms with Crippen molar-refractivity contribution in [3.05, 3.63) is 54.1 Å². The van der Waals surface area contributed by atoms with Crippen LogP contribution >= 0.6 is 0 Å². The smallest absolute Gasteiger partial charge is 0.229 e. The molecule has 0 saturated heterocycles. The van der Waals surface area contributed by atoms with Crippen molar-refractivity contribution in [2.24, 2.45) is 0 Å². The quantitative estimate of drug-likeness (QED) is 0.785. The summed E-state index contributed by atoms with van der Waals surface area (Å²) in [5.41, 5.74) is 1.77. The summed E-state index contributed by atoms with van der Waals surface area (Å²) in [4.78, 5) is 14.9. The van der Waals surface area contributed by atoms with Crippen LogP contribution in [0.5, 0.6) is 0 Å². The van der Waals surface area contributed by atoms with Gasteiger partial charge in [-0.25, -0.2) is 0 Å². The lowest BCUT2D eigenvalue weighted by molar-refractivity contribution is -0.133. The van der Waals surface area contributed by atoms with Crippen LogP contribution in [0.15, 0.2) is 47.1 Å². The van der Waals surface area contributed by atoms with Crippen LogP contribution in [0.1, 0.15) is 37.3 Å². The van der Waals surface area contributed by atoms with Gasteiger partial charge in [0.15, 0.2) is 0 Å². The lowest BCUT2D eigenvalue weighted by Gasteiger charge is -2.28. The van der Waals surface area contributed by atoms with Gasteiger partial charge in [-0.05, 0) is 38.0 Å². The van der Waals surface area contributed by atoms with Gasteiger partial charge in [-0.1, -0.05) is 18.2 Å². The molecule has 1 aromatic carbocycles. The van der Waals surface area contributed by atoms with E-state index in [0.29, 0.717) is 12.5 Å². The molecule has 23 heavy (non-hydrogen) atoms. The van der Waals surface area contributed by atoms with Crippen molar-refractivity contribution in [1.82, 2.24) is 15.1 Å². The fraction of sp³-hybridized carbons (Fsp3) is 0.333. The number of amides is 1. The monoisotopic (exact) mass is 309 g/mol. The third-order valence-electron chi connectivity index (χ3n) is 4.47.